The summed E-state index contributed by atoms with van der Waals surface area (Å²) in [7, 11) is 0. The first-order chi connectivity index (χ1) is 12.5. The molecule has 0 atom stereocenters. The van der Waals surface area contributed by atoms with Crippen molar-refractivity contribution in [2.24, 2.45) is 0 Å². The van der Waals surface area contributed by atoms with E-state index < -0.39 is 17.2 Å². The van der Waals surface area contributed by atoms with Gasteiger partial charge in [-0.3, -0.25) is 9.78 Å². The summed E-state index contributed by atoms with van der Waals surface area (Å²) in [5.41, 5.74) is 3.32. The summed E-state index contributed by atoms with van der Waals surface area (Å²) in [6, 6.07) is 6.24. The van der Waals surface area contributed by atoms with Gasteiger partial charge in [0, 0.05) is 31.0 Å². The van der Waals surface area contributed by atoms with E-state index in [1.807, 2.05) is 18.3 Å². The number of nitrogens with zero attached hydrogens (tertiary/aromatic N) is 2. The Morgan fingerprint density at radius 2 is 1.85 bits per heavy atom. The highest BCUT2D eigenvalue weighted by Crippen LogP contribution is 2.37. The molecule has 0 unspecified atom stereocenters. The zero-order chi connectivity index (χ0) is 18.3. The second-order valence-electron chi connectivity index (χ2n) is 6.57. The summed E-state index contributed by atoms with van der Waals surface area (Å²) in [6.45, 7) is 1.15. The van der Waals surface area contributed by atoms with E-state index in [9.17, 15) is 20.1 Å². The molecular weight excluding hydrogens is 334 g/mol. The third-order valence-corrected chi connectivity index (χ3v) is 5.00. The minimum Gasteiger partial charge on any atom is -0.504 e. The largest absolute Gasteiger partial charge is 0.504 e. The van der Waals surface area contributed by atoms with Gasteiger partial charge in [0.05, 0.1) is 11.0 Å². The smallest absolute Gasteiger partial charge is 0.254 e. The van der Waals surface area contributed by atoms with Crippen LogP contribution in [0.2, 0.25) is 0 Å². The van der Waals surface area contributed by atoms with Crippen molar-refractivity contribution in [3.05, 3.63) is 47.8 Å². The van der Waals surface area contributed by atoms with Gasteiger partial charge >= 0.3 is 0 Å². The van der Waals surface area contributed by atoms with Crippen molar-refractivity contribution in [3.8, 4) is 17.2 Å². The summed E-state index contributed by atoms with van der Waals surface area (Å²) >= 11 is 0. The Bertz CT molecular complexity index is 951. The van der Waals surface area contributed by atoms with Crippen LogP contribution in [0.1, 0.15) is 34.7 Å². The van der Waals surface area contributed by atoms with Gasteiger partial charge in [0.15, 0.2) is 17.2 Å². The van der Waals surface area contributed by atoms with Gasteiger partial charge in [-0.1, -0.05) is 0 Å². The lowest BCUT2D eigenvalue weighted by Crippen LogP contribution is -2.37. The molecule has 4 N–H and O–H groups in total. The molecule has 0 aliphatic carbocycles. The van der Waals surface area contributed by atoms with Crippen LogP contribution in [0.3, 0.4) is 0 Å². The van der Waals surface area contributed by atoms with Crippen LogP contribution in [0, 0.1) is 0 Å². The van der Waals surface area contributed by atoms with Crippen molar-refractivity contribution in [1.82, 2.24) is 14.9 Å². The number of likely N-dealkylation sites (tertiary alicyclic amines) is 1. The number of phenolic OH excluding ortho intramolecular Hbond substituents is 3. The molecule has 1 saturated heterocycles. The number of carbonyl (C=O) groups is 1. The number of hydrogen-bond donors (Lipinski definition) is 4. The third kappa shape index (κ3) is 2.71. The molecule has 0 bridgehead atoms. The zero-order valence-corrected chi connectivity index (χ0v) is 14.0. The highest BCUT2D eigenvalue weighted by atomic mass is 16.3. The first-order valence-electron chi connectivity index (χ1n) is 8.51. The Labute approximate surface area is 149 Å². The van der Waals surface area contributed by atoms with Crippen LogP contribution in [-0.4, -0.2) is 49.2 Å². The van der Waals surface area contributed by atoms with E-state index in [2.05, 4.69) is 9.97 Å². The number of piperidine rings is 1. The number of carbonyl (C=O) groups excluding carboxylic acids is 1. The normalized spacial score (nSPS) is 15.5. The number of aromatic hydroxyl groups is 3. The standard InChI is InChI=1S/C19H19N3O4/c23-15-8-12(9-16(24)18(15)25)19(26)22-6-3-11(4-7-22)13-10-21-14-2-1-5-20-17(13)14/h1-2,5,8-11,21,23-25H,3-4,6-7H2. The predicted octanol–water partition coefficient (Wildman–Crippen LogP) is 2.70. The summed E-state index contributed by atoms with van der Waals surface area (Å²) in [5.74, 6) is -1.58. The number of nitrogens with one attached hydrogen (secondary N) is 1. The van der Waals surface area contributed by atoms with E-state index in [0.29, 0.717) is 19.0 Å². The van der Waals surface area contributed by atoms with Crippen LogP contribution in [-0.2, 0) is 0 Å². The second kappa shape index (κ2) is 6.25. The zero-order valence-electron chi connectivity index (χ0n) is 14.0. The quantitative estimate of drug-likeness (QED) is 0.530. The maximum atomic E-state index is 12.6. The minimum atomic E-state index is -0.618. The summed E-state index contributed by atoms with van der Waals surface area (Å²) in [4.78, 5) is 22.0. The van der Waals surface area contributed by atoms with Crippen LogP contribution >= 0.6 is 0 Å². The van der Waals surface area contributed by atoms with E-state index >= 15 is 0 Å². The SMILES string of the molecule is O=C(c1cc(O)c(O)c(O)c1)N1CCC(c2c[nH]c3cccnc23)CC1. The average Bonchev–Trinajstić information content (AvgIpc) is 3.09. The molecular formula is C19H19N3O4. The molecule has 0 saturated carbocycles. The number of rotatable bonds is 2. The minimum absolute atomic E-state index is 0.157. The molecule has 1 aliphatic heterocycles. The van der Waals surface area contributed by atoms with Crippen LogP contribution in [0.15, 0.2) is 36.7 Å². The first-order valence-corrected chi connectivity index (χ1v) is 8.51. The lowest BCUT2D eigenvalue weighted by atomic mass is 9.90. The number of amides is 1. The molecule has 1 aliphatic rings. The maximum absolute atomic E-state index is 12.6. The molecule has 2 aromatic heterocycles. The van der Waals surface area contributed by atoms with Crippen LogP contribution in [0.25, 0.3) is 11.0 Å². The number of aromatic amines is 1. The molecule has 26 heavy (non-hydrogen) atoms. The summed E-state index contributed by atoms with van der Waals surface area (Å²) in [5, 5.41) is 28.6. The van der Waals surface area contributed by atoms with Crippen LogP contribution in [0.5, 0.6) is 17.2 Å². The van der Waals surface area contributed by atoms with Gasteiger partial charge in [0.1, 0.15) is 0 Å². The first kappa shape index (κ1) is 16.3. The van der Waals surface area contributed by atoms with Gasteiger partial charge in [-0.05, 0) is 48.6 Å². The van der Waals surface area contributed by atoms with Crippen LogP contribution in [0.4, 0.5) is 0 Å². The number of phenols is 3. The van der Waals surface area contributed by atoms with Gasteiger partial charge in [0.2, 0.25) is 0 Å². The number of benzene rings is 1. The van der Waals surface area contributed by atoms with E-state index in [1.165, 1.54) is 17.7 Å². The molecule has 7 heteroatoms. The van der Waals surface area contributed by atoms with Crippen molar-refractivity contribution < 1.29 is 20.1 Å². The Hall–Kier alpha value is -3.22. The molecule has 7 nitrogen and oxygen atoms in total. The van der Waals surface area contributed by atoms with E-state index in [1.54, 1.807) is 11.1 Å². The highest BCUT2D eigenvalue weighted by molar-refractivity contribution is 5.95. The van der Waals surface area contributed by atoms with Gasteiger partial charge in [-0.2, -0.15) is 0 Å². The second-order valence-corrected chi connectivity index (χ2v) is 6.57. The highest BCUT2D eigenvalue weighted by Gasteiger charge is 2.27. The molecule has 4 rings (SSSR count). The topological polar surface area (TPSA) is 110 Å². The van der Waals surface area contributed by atoms with Crippen molar-refractivity contribution in [2.45, 2.75) is 18.8 Å². The molecule has 1 aromatic carbocycles. The lowest BCUT2D eigenvalue weighted by Gasteiger charge is -2.32. The van der Waals surface area contributed by atoms with E-state index in [4.69, 9.17) is 0 Å². The van der Waals surface area contributed by atoms with Crippen molar-refractivity contribution in [1.29, 1.82) is 0 Å². The van der Waals surface area contributed by atoms with Crippen molar-refractivity contribution in [3.63, 3.8) is 0 Å². The maximum Gasteiger partial charge on any atom is 0.254 e. The molecule has 3 heterocycles. The average molecular weight is 353 g/mol. The number of hydrogen-bond acceptors (Lipinski definition) is 5. The predicted molar refractivity (Wildman–Crippen MR) is 95.4 cm³/mol. The molecule has 1 amide bonds. The Morgan fingerprint density at radius 3 is 2.54 bits per heavy atom. The monoisotopic (exact) mass is 353 g/mol. The number of aromatic nitrogens is 2. The summed E-state index contributed by atoms with van der Waals surface area (Å²) < 4.78 is 0. The fraction of sp³-hybridized carbons (Fsp3) is 0.263. The van der Waals surface area contributed by atoms with Gasteiger partial charge in [0.25, 0.3) is 5.91 Å². The Balaban J connectivity index is 1.49. The fourth-order valence-corrected chi connectivity index (χ4v) is 3.59. The van der Waals surface area contributed by atoms with Crippen LogP contribution < -0.4 is 0 Å². The summed E-state index contributed by atoms with van der Waals surface area (Å²) in [6.07, 6.45) is 5.40. The molecule has 0 radical (unpaired) electrons. The molecule has 134 valence electrons. The van der Waals surface area contributed by atoms with E-state index in [0.717, 1.165) is 23.9 Å². The number of fused-ring (bicyclic) bond motifs is 1. The number of pyridine rings is 1. The third-order valence-electron chi connectivity index (χ3n) is 5.00. The molecule has 3 aromatic rings. The number of H-pyrrole nitrogens is 1. The Kier molecular flexibility index (Phi) is 3.91. The van der Waals surface area contributed by atoms with Gasteiger partial charge in [-0.15, -0.1) is 0 Å². The van der Waals surface area contributed by atoms with E-state index in [-0.39, 0.29) is 11.5 Å². The lowest BCUT2D eigenvalue weighted by molar-refractivity contribution is 0.0712. The van der Waals surface area contributed by atoms with Crippen molar-refractivity contribution >= 4 is 16.9 Å². The van der Waals surface area contributed by atoms with Crippen molar-refractivity contribution in [2.75, 3.05) is 13.1 Å². The van der Waals surface area contributed by atoms with Gasteiger partial charge in [-0.25, -0.2) is 0 Å². The Morgan fingerprint density at radius 1 is 1.15 bits per heavy atom. The molecule has 1 fully saturated rings. The molecule has 0 spiro atoms. The van der Waals surface area contributed by atoms with Gasteiger partial charge < -0.3 is 25.2 Å². The fourth-order valence-electron chi connectivity index (χ4n) is 3.59.